The summed E-state index contributed by atoms with van der Waals surface area (Å²) in [5.41, 5.74) is 6.77. The Labute approximate surface area is 151 Å². The Morgan fingerprint density at radius 1 is 0.917 bits per heavy atom. The maximum Gasteiger partial charge on any atom is -0.0104 e. The summed E-state index contributed by atoms with van der Waals surface area (Å²) in [6.07, 6.45) is 16.5. The van der Waals surface area contributed by atoms with E-state index in [0.29, 0.717) is 0 Å². The molecule has 0 saturated heterocycles. The number of hydrogen-bond acceptors (Lipinski definition) is 0. The van der Waals surface area contributed by atoms with Crippen LogP contribution in [-0.2, 0) is 0 Å². The van der Waals surface area contributed by atoms with Crippen LogP contribution in [0.2, 0.25) is 0 Å². The summed E-state index contributed by atoms with van der Waals surface area (Å²) in [6, 6.07) is 0. The summed E-state index contributed by atoms with van der Waals surface area (Å²) < 4.78 is 0. The zero-order valence-electron chi connectivity index (χ0n) is 17.3. The predicted octanol–water partition coefficient (Wildman–Crippen LogP) is 8.12. The first-order chi connectivity index (χ1) is 11.1. The molecular formula is C24H38. The van der Waals surface area contributed by atoms with Crippen LogP contribution in [0.25, 0.3) is 0 Å². The Balaban J connectivity index is 5.10. The molecule has 0 rings (SSSR count). The van der Waals surface area contributed by atoms with E-state index in [1.807, 2.05) is 0 Å². The molecule has 0 heterocycles. The Bertz CT molecular complexity index is 553. The molecule has 0 heteroatoms. The Kier molecular flexibility index (Phi) is 10.4. The molecule has 0 aromatic rings. The number of allylic oxidation sites excluding steroid dienone is 11. The van der Waals surface area contributed by atoms with E-state index in [1.54, 1.807) is 0 Å². The van der Waals surface area contributed by atoms with Crippen LogP contribution >= 0.6 is 0 Å². The third-order valence-electron chi connectivity index (χ3n) is 4.26. The van der Waals surface area contributed by atoms with Crippen LogP contribution < -0.4 is 0 Å². The van der Waals surface area contributed by atoms with Gasteiger partial charge in [-0.05, 0) is 51.5 Å². The summed E-state index contributed by atoms with van der Waals surface area (Å²) in [7, 11) is 0. The maximum atomic E-state index is 4.02. The van der Waals surface area contributed by atoms with Gasteiger partial charge in [-0.15, -0.1) is 0 Å². The molecule has 0 amide bonds. The lowest BCUT2D eigenvalue weighted by Gasteiger charge is -2.27. The third kappa shape index (κ3) is 8.91. The van der Waals surface area contributed by atoms with Crippen LogP contribution in [0.1, 0.15) is 74.7 Å². The average molecular weight is 327 g/mol. The fourth-order valence-electron chi connectivity index (χ4n) is 2.92. The summed E-state index contributed by atoms with van der Waals surface area (Å²) >= 11 is 0. The van der Waals surface area contributed by atoms with Gasteiger partial charge in [0.15, 0.2) is 0 Å². The minimum Gasteiger partial charge on any atom is -0.0958 e. The molecule has 0 aromatic carbocycles. The maximum absolute atomic E-state index is 4.02. The molecule has 0 bridgehead atoms. The predicted molar refractivity (Wildman–Crippen MR) is 112 cm³/mol. The topological polar surface area (TPSA) is 0 Å². The van der Waals surface area contributed by atoms with Gasteiger partial charge >= 0.3 is 0 Å². The zero-order valence-corrected chi connectivity index (χ0v) is 17.3. The first-order valence-corrected chi connectivity index (χ1v) is 9.21. The van der Waals surface area contributed by atoms with E-state index in [9.17, 15) is 0 Å². The minimum absolute atomic E-state index is 0.236. The first-order valence-electron chi connectivity index (χ1n) is 9.21. The molecule has 0 atom stereocenters. The van der Waals surface area contributed by atoms with Crippen molar-refractivity contribution in [2.75, 3.05) is 0 Å². The molecule has 24 heavy (non-hydrogen) atoms. The van der Waals surface area contributed by atoms with Crippen LogP contribution in [0.4, 0.5) is 0 Å². The second-order valence-corrected chi connectivity index (χ2v) is 7.55. The van der Waals surface area contributed by atoms with Crippen LogP contribution in [-0.4, -0.2) is 0 Å². The summed E-state index contributed by atoms with van der Waals surface area (Å²) in [4.78, 5) is 0. The van der Waals surface area contributed by atoms with E-state index < -0.39 is 0 Å². The van der Waals surface area contributed by atoms with Gasteiger partial charge in [-0.1, -0.05) is 99.4 Å². The summed E-state index contributed by atoms with van der Waals surface area (Å²) in [5.74, 6) is 0. The van der Waals surface area contributed by atoms with Crippen molar-refractivity contribution in [3.63, 3.8) is 0 Å². The second-order valence-electron chi connectivity index (χ2n) is 7.55. The summed E-state index contributed by atoms with van der Waals surface area (Å²) in [5, 5.41) is 0. The number of hydrogen-bond donors (Lipinski definition) is 0. The van der Waals surface area contributed by atoms with Gasteiger partial charge in [0.2, 0.25) is 0 Å². The van der Waals surface area contributed by atoms with Crippen molar-refractivity contribution in [2.24, 2.45) is 5.41 Å². The number of rotatable bonds is 9. The average Bonchev–Trinajstić information content (AvgIpc) is 2.46. The van der Waals surface area contributed by atoms with E-state index in [0.717, 1.165) is 6.42 Å². The van der Waals surface area contributed by atoms with Crippen molar-refractivity contribution in [1.82, 2.24) is 0 Å². The standard InChI is InChI=1S/C24H38/c1-10-17-24(8,9)23(19(3)4)16-15-21(6)13-12-14-22(7)18-20(5)11-2/h12-16,18H,5,10-11,17H2,1-4,6-9H3/b14-12+,16-15+,21-13+,22-18+. The van der Waals surface area contributed by atoms with E-state index >= 15 is 0 Å². The molecule has 0 saturated carbocycles. The minimum atomic E-state index is 0.236. The van der Waals surface area contributed by atoms with Gasteiger partial charge in [-0.25, -0.2) is 0 Å². The monoisotopic (exact) mass is 326 g/mol. The molecule has 134 valence electrons. The molecule has 0 nitrogen and oxygen atoms in total. The second kappa shape index (κ2) is 11.1. The van der Waals surface area contributed by atoms with Gasteiger partial charge in [0.05, 0.1) is 0 Å². The molecular weight excluding hydrogens is 288 g/mol. The van der Waals surface area contributed by atoms with Crippen LogP contribution in [0, 0.1) is 5.41 Å². The molecule has 0 radical (unpaired) electrons. The van der Waals surface area contributed by atoms with Crippen molar-refractivity contribution in [3.05, 3.63) is 70.9 Å². The van der Waals surface area contributed by atoms with Crippen molar-refractivity contribution in [1.29, 1.82) is 0 Å². The smallest absolute Gasteiger partial charge is 0.0104 e. The van der Waals surface area contributed by atoms with E-state index in [1.165, 1.54) is 40.7 Å². The molecule has 0 aliphatic carbocycles. The van der Waals surface area contributed by atoms with Crippen molar-refractivity contribution >= 4 is 0 Å². The fraction of sp³-hybridized carbons (Fsp3) is 0.500. The lowest BCUT2D eigenvalue weighted by Crippen LogP contribution is -2.14. The lowest BCUT2D eigenvalue weighted by atomic mass is 9.78. The quantitative estimate of drug-likeness (QED) is 0.375. The van der Waals surface area contributed by atoms with E-state index in [2.05, 4.69) is 98.4 Å². The van der Waals surface area contributed by atoms with Gasteiger partial charge in [0.25, 0.3) is 0 Å². The Morgan fingerprint density at radius 2 is 1.54 bits per heavy atom. The molecule has 0 spiro atoms. The molecule has 0 unspecified atom stereocenters. The highest BCUT2D eigenvalue weighted by atomic mass is 14.3. The third-order valence-corrected chi connectivity index (χ3v) is 4.26. The van der Waals surface area contributed by atoms with Crippen molar-refractivity contribution in [2.45, 2.75) is 74.7 Å². The molecule has 0 fully saturated rings. The van der Waals surface area contributed by atoms with Crippen molar-refractivity contribution < 1.29 is 0 Å². The highest BCUT2D eigenvalue weighted by Gasteiger charge is 2.21. The SMILES string of the molecule is C=C(/C=C(C)/C=C/C=C(C)/C=C/C(=C(C)C)C(C)(C)CCC)CC. The normalized spacial score (nSPS) is 13.8. The van der Waals surface area contributed by atoms with Crippen molar-refractivity contribution in [3.8, 4) is 0 Å². The van der Waals surface area contributed by atoms with Crippen LogP contribution in [0.3, 0.4) is 0 Å². The van der Waals surface area contributed by atoms with Crippen LogP contribution in [0.5, 0.6) is 0 Å². The summed E-state index contributed by atoms with van der Waals surface area (Å²) in [6.45, 7) is 21.8. The van der Waals surface area contributed by atoms with Gasteiger partial charge < -0.3 is 0 Å². The largest absolute Gasteiger partial charge is 0.0958 e. The molecule has 0 aromatic heterocycles. The fourth-order valence-corrected chi connectivity index (χ4v) is 2.92. The highest BCUT2D eigenvalue weighted by Crippen LogP contribution is 2.34. The Morgan fingerprint density at radius 3 is 2.04 bits per heavy atom. The van der Waals surface area contributed by atoms with Gasteiger partial charge in [0.1, 0.15) is 0 Å². The molecule has 0 N–H and O–H groups in total. The highest BCUT2D eigenvalue weighted by molar-refractivity contribution is 5.36. The van der Waals surface area contributed by atoms with E-state index in [-0.39, 0.29) is 5.41 Å². The van der Waals surface area contributed by atoms with E-state index in [4.69, 9.17) is 0 Å². The van der Waals surface area contributed by atoms with Gasteiger partial charge in [-0.2, -0.15) is 0 Å². The molecule has 0 aliphatic rings. The zero-order chi connectivity index (χ0) is 18.8. The molecule has 0 aliphatic heterocycles. The Hall–Kier alpha value is -1.56. The van der Waals surface area contributed by atoms with Gasteiger partial charge in [0, 0.05) is 0 Å². The van der Waals surface area contributed by atoms with Gasteiger partial charge in [-0.3, -0.25) is 0 Å². The first kappa shape index (κ1) is 22.4. The van der Waals surface area contributed by atoms with Crippen LogP contribution in [0.15, 0.2) is 70.9 Å². The lowest BCUT2D eigenvalue weighted by molar-refractivity contribution is 0.408.